The third-order valence-corrected chi connectivity index (χ3v) is 5.30. The van der Waals surface area contributed by atoms with Crippen LogP contribution >= 0.6 is 0 Å². The molecule has 144 valence electrons. The molecule has 0 aliphatic carbocycles. The van der Waals surface area contributed by atoms with Crippen molar-refractivity contribution in [3.63, 3.8) is 0 Å². The van der Waals surface area contributed by atoms with Crippen LogP contribution in [0, 0.1) is 6.92 Å². The van der Waals surface area contributed by atoms with E-state index in [1.807, 2.05) is 41.3 Å². The molecule has 1 aliphatic heterocycles. The number of hydrogen-bond donors (Lipinski definition) is 0. The van der Waals surface area contributed by atoms with Gasteiger partial charge in [-0.3, -0.25) is 4.79 Å². The van der Waals surface area contributed by atoms with Crippen molar-refractivity contribution in [3.8, 4) is 11.5 Å². The Hall–Kier alpha value is -2.49. The van der Waals surface area contributed by atoms with Gasteiger partial charge in [0.05, 0.1) is 13.2 Å². The Labute approximate surface area is 162 Å². The normalized spacial score (nSPS) is 16.6. The number of amides is 1. The van der Waals surface area contributed by atoms with Crippen molar-refractivity contribution in [1.82, 2.24) is 4.90 Å². The second-order valence-electron chi connectivity index (χ2n) is 7.48. The van der Waals surface area contributed by atoms with Gasteiger partial charge in [0.15, 0.2) is 6.61 Å². The number of methoxy groups -OCH3 is 1. The number of likely N-dealkylation sites (tertiary alicyclic amines) is 1. The molecule has 3 rings (SSSR count). The second-order valence-corrected chi connectivity index (χ2v) is 7.48. The number of carbonyl (C=O) groups excluding carboxylic acids is 1. The molecule has 1 atom stereocenters. The smallest absolute Gasteiger partial charge is 0.261 e. The fraction of sp³-hybridized carbons (Fsp3) is 0.435. The molecule has 0 bridgehead atoms. The van der Waals surface area contributed by atoms with Gasteiger partial charge >= 0.3 is 0 Å². The molecule has 1 saturated heterocycles. The summed E-state index contributed by atoms with van der Waals surface area (Å²) in [5, 5.41) is 0. The highest BCUT2D eigenvalue weighted by atomic mass is 16.5. The van der Waals surface area contributed by atoms with E-state index in [2.05, 4.69) is 26.8 Å². The van der Waals surface area contributed by atoms with E-state index >= 15 is 0 Å². The summed E-state index contributed by atoms with van der Waals surface area (Å²) in [5.74, 6) is 2.11. The average molecular weight is 367 g/mol. The Bertz CT molecular complexity index is 783. The first-order valence-corrected chi connectivity index (χ1v) is 9.66. The summed E-state index contributed by atoms with van der Waals surface area (Å²) in [5.41, 5.74) is 3.67. The molecular formula is C23H29NO3. The number of hydrogen-bond acceptors (Lipinski definition) is 3. The van der Waals surface area contributed by atoms with Crippen molar-refractivity contribution < 1.29 is 14.3 Å². The van der Waals surface area contributed by atoms with Gasteiger partial charge in [-0.2, -0.15) is 0 Å². The maximum absolute atomic E-state index is 12.8. The molecule has 1 amide bonds. The van der Waals surface area contributed by atoms with Crippen LogP contribution in [0.3, 0.4) is 0 Å². The molecule has 4 nitrogen and oxygen atoms in total. The SMILES string of the molecule is COc1ccc([C@@H]2CCCN2C(=O)COc2ccc(C(C)C)c(C)c2)cc1. The van der Waals surface area contributed by atoms with Crippen molar-refractivity contribution in [3.05, 3.63) is 59.2 Å². The van der Waals surface area contributed by atoms with Crippen LogP contribution in [0.1, 0.15) is 55.3 Å². The minimum absolute atomic E-state index is 0.0407. The van der Waals surface area contributed by atoms with Crippen LogP contribution in [0.25, 0.3) is 0 Å². The maximum Gasteiger partial charge on any atom is 0.261 e. The second kappa shape index (κ2) is 8.47. The van der Waals surface area contributed by atoms with Crippen molar-refractivity contribution >= 4 is 5.91 Å². The molecule has 1 fully saturated rings. The Morgan fingerprint density at radius 2 is 1.85 bits per heavy atom. The minimum atomic E-state index is 0.0407. The highest BCUT2D eigenvalue weighted by Crippen LogP contribution is 2.33. The summed E-state index contributed by atoms with van der Waals surface area (Å²) in [6, 6.07) is 14.2. The molecular weight excluding hydrogens is 338 g/mol. The molecule has 0 saturated carbocycles. The van der Waals surface area contributed by atoms with Gasteiger partial charge in [-0.15, -0.1) is 0 Å². The lowest BCUT2D eigenvalue weighted by Gasteiger charge is -2.25. The van der Waals surface area contributed by atoms with Gasteiger partial charge in [-0.05, 0) is 66.6 Å². The monoisotopic (exact) mass is 367 g/mol. The van der Waals surface area contributed by atoms with E-state index in [9.17, 15) is 4.79 Å². The van der Waals surface area contributed by atoms with Gasteiger partial charge in [0.25, 0.3) is 5.91 Å². The number of carbonyl (C=O) groups is 1. The zero-order chi connectivity index (χ0) is 19.4. The number of nitrogens with zero attached hydrogens (tertiary/aromatic N) is 1. The van der Waals surface area contributed by atoms with Crippen molar-refractivity contribution in [2.45, 2.75) is 45.6 Å². The van der Waals surface area contributed by atoms with Crippen molar-refractivity contribution in [1.29, 1.82) is 0 Å². The molecule has 1 aliphatic rings. The van der Waals surface area contributed by atoms with Gasteiger partial charge < -0.3 is 14.4 Å². The van der Waals surface area contributed by atoms with Gasteiger partial charge in [0.1, 0.15) is 11.5 Å². The predicted molar refractivity (Wildman–Crippen MR) is 107 cm³/mol. The first-order valence-electron chi connectivity index (χ1n) is 9.66. The molecule has 0 spiro atoms. The van der Waals surface area contributed by atoms with Gasteiger partial charge in [-0.25, -0.2) is 0 Å². The third kappa shape index (κ3) is 4.44. The first kappa shape index (κ1) is 19.3. The molecule has 0 N–H and O–H groups in total. The van der Waals surface area contributed by atoms with Crippen LogP contribution < -0.4 is 9.47 Å². The lowest BCUT2D eigenvalue weighted by molar-refractivity contribution is -0.134. The summed E-state index contributed by atoms with van der Waals surface area (Å²) in [4.78, 5) is 14.7. The minimum Gasteiger partial charge on any atom is -0.497 e. The average Bonchev–Trinajstić information content (AvgIpc) is 3.16. The topological polar surface area (TPSA) is 38.8 Å². The summed E-state index contributed by atoms with van der Waals surface area (Å²) in [6.07, 6.45) is 2.00. The molecule has 0 unspecified atom stereocenters. The Morgan fingerprint density at radius 1 is 1.15 bits per heavy atom. The number of aryl methyl sites for hydroxylation is 1. The summed E-state index contributed by atoms with van der Waals surface area (Å²) in [7, 11) is 1.66. The van der Waals surface area contributed by atoms with E-state index in [-0.39, 0.29) is 18.6 Å². The van der Waals surface area contributed by atoms with Crippen LogP contribution in [0.5, 0.6) is 11.5 Å². The summed E-state index contributed by atoms with van der Waals surface area (Å²) in [6.45, 7) is 7.31. The standard InChI is InChI=1S/C23H29NO3/c1-16(2)21-12-11-20(14-17(21)3)27-15-23(25)24-13-5-6-22(24)18-7-9-19(26-4)10-8-18/h7-12,14,16,22H,5-6,13,15H2,1-4H3/t22-/m0/s1. The fourth-order valence-corrected chi connectivity index (χ4v) is 3.85. The molecule has 1 heterocycles. The lowest BCUT2D eigenvalue weighted by atomic mass is 9.98. The zero-order valence-electron chi connectivity index (χ0n) is 16.7. The van der Waals surface area contributed by atoms with E-state index in [1.165, 1.54) is 11.1 Å². The lowest BCUT2D eigenvalue weighted by Crippen LogP contribution is -2.34. The Balaban J connectivity index is 1.63. The molecule has 0 radical (unpaired) electrons. The molecule has 2 aromatic rings. The zero-order valence-corrected chi connectivity index (χ0v) is 16.7. The first-order chi connectivity index (χ1) is 13.0. The summed E-state index contributed by atoms with van der Waals surface area (Å²) < 4.78 is 11.0. The van der Waals surface area contributed by atoms with Crippen LogP contribution in [-0.4, -0.2) is 31.1 Å². The molecule has 27 heavy (non-hydrogen) atoms. The van der Waals surface area contributed by atoms with Crippen LogP contribution in [0.4, 0.5) is 0 Å². The van der Waals surface area contributed by atoms with E-state index < -0.39 is 0 Å². The van der Waals surface area contributed by atoms with Gasteiger partial charge in [-0.1, -0.05) is 32.0 Å². The fourth-order valence-electron chi connectivity index (χ4n) is 3.85. The van der Waals surface area contributed by atoms with E-state index in [0.717, 1.165) is 36.4 Å². The number of rotatable bonds is 6. The predicted octanol–water partition coefficient (Wildman–Crippen LogP) is 4.87. The molecule has 2 aromatic carbocycles. The van der Waals surface area contributed by atoms with Gasteiger partial charge in [0.2, 0.25) is 0 Å². The van der Waals surface area contributed by atoms with Crippen LogP contribution in [-0.2, 0) is 4.79 Å². The van der Waals surface area contributed by atoms with Crippen molar-refractivity contribution in [2.75, 3.05) is 20.3 Å². The van der Waals surface area contributed by atoms with Crippen molar-refractivity contribution in [2.24, 2.45) is 0 Å². The number of ether oxygens (including phenoxy) is 2. The van der Waals surface area contributed by atoms with E-state index in [1.54, 1.807) is 7.11 Å². The van der Waals surface area contributed by atoms with E-state index in [0.29, 0.717) is 5.92 Å². The van der Waals surface area contributed by atoms with Crippen LogP contribution in [0.2, 0.25) is 0 Å². The quantitative estimate of drug-likeness (QED) is 0.731. The highest BCUT2D eigenvalue weighted by Gasteiger charge is 2.30. The Morgan fingerprint density at radius 3 is 2.48 bits per heavy atom. The highest BCUT2D eigenvalue weighted by molar-refractivity contribution is 5.78. The Kier molecular flexibility index (Phi) is 6.04. The van der Waals surface area contributed by atoms with Gasteiger partial charge in [0, 0.05) is 6.54 Å². The third-order valence-electron chi connectivity index (χ3n) is 5.30. The largest absolute Gasteiger partial charge is 0.497 e. The van der Waals surface area contributed by atoms with Crippen LogP contribution in [0.15, 0.2) is 42.5 Å². The molecule has 4 heteroatoms. The van der Waals surface area contributed by atoms with E-state index in [4.69, 9.17) is 9.47 Å². The number of benzene rings is 2. The molecule has 0 aromatic heterocycles. The maximum atomic E-state index is 12.8. The summed E-state index contributed by atoms with van der Waals surface area (Å²) >= 11 is 0.